The van der Waals surface area contributed by atoms with Crippen molar-refractivity contribution in [3.63, 3.8) is 0 Å². The Balaban J connectivity index is 1.38. The zero-order valence-electron chi connectivity index (χ0n) is 14.7. The average Bonchev–Trinajstić information content (AvgIpc) is 2.72. The quantitative estimate of drug-likeness (QED) is 0.522. The van der Waals surface area contributed by atoms with Crippen LogP contribution in [0, 0.1) is 0 Å². The number of fused-ring (bicyclic) bond motifs is 1. The fourth-order valence-electron chi connectivity index (χ4n) is 2.78. The lowest BCUT2D eigenvalue weighted by molar-refractivity contribution is 0.293. The Morgan fingerprint density at radius 2 is 1.52 bits per heavy atom. The number of benzene rings is 3. The molecule has 0 unspecified atom stereocenters. The summed E-state index contributed by atoms with van der Waals surface area (Å²) in [4.78, 5) is 4.63. The highest BCUT2D eigenvalue weighted by Gasteiger charge is 2.02. The average molecular weight is 357 g/mol. The van der Waals surface area contributed by atoms with Gasteiger partial charge in [0.05, 0.1) is 11.2 Å². The Hall–Kier alpha value is -3.53. The van der Waals surface area contributed by atoms with Gasteiger partial charge >= 0.3 is 0 Å². The minimum Gasteiger partial charge on any atom is -0.508 e. The Bertz CT molecular complexity index is 1040. The van der Waals surface area contributed by atoms with E-state index in [1.165, 1.54) is 0 Å². The van der Waals surface area contributed by atoms with Crippen molar-refractivity contribution >= 4 is 10.9 Å². The number of rotatable bonds is 6. The highest BCUT2D eigenvalue weighted by Crippen LogP contribution is 2.20. The number of aromatic nitrogens is 1. The lowest BCUT2D eigenvalue weighted by atomic mass is 10.2. The molecule has 4 aromatic rings. The molecule has 4 rings (SSSR count). The van der Waals surface area contributed by atoms with E-state index in [9.17, 15) is 5.11 Å². The molecule has 0 saturated carbocycles. The van der Waals surface area contributed by atoms with Gasteiger partial charge in [-0.2, -0.15) is 0 Å². The number of pyridine rings is 1. The van der Waals surface area contributed by atoms with Crippen molar-refractivity contribution in [3.8, 4) is 17.2 Å². The van der Waals surface area contributed by atoms with Gasteiger partial charge in [-0.25, -0.2) is 4.98 Å². The van der Waals surface area contributed by atoms with Gasteiger partial charge in [0.2, 0.25) is 0 Å². The predicted octanol–water partition coefficient (Wildman–Crippen LogP) is 5.10. The molecule has 1 aromatic heterocycles. The molecular weight excluding hydrogens is 338 g/mol. The molecule has 0 amide bonds. The maximum absolute atomic E-state index is 9.31. The van der Waals surface area contributed by atoms with Crippen LogP contribution in [-0.2, 0) is 13.2 Å². The molecule has 0 radical (unpaired) electrons. The molecule has 27 heavy (non-hydrogen) atoms. The van der Waals surface area contributed by atoms with Crippen LogP contribution in [0.3, 0.4) is 0 Å². The summed E-state index contributed by atoms with van der Waals surface area (Å²) < 4.78 is 11.6. The molecule has 134 valence electrons. The molecule has 0 aliphatic heterocycles. The second-order valence-corrected chi connectivity index (χ2v) is 6.21. The summed E-state index contributed by atoms with van der Waals surface area (Å²) in [5, 5.41) is 10.4. The lowest BCUT2D eigenvalue weighted by Crippen LogP contribution is -2.00. The Morgan fingerprint density at radius 1 is 0.704 bits per heavy atom. The maximum atomic E-state index is 9.31. The fraction of sp³-hybridized carbons (Fsp3) is 0.0870. The Labute approximate surface area is 157 Å². The third-order valence-corrected chi connectivity index (χ3v) is 4.18. The largest absolute Gasteiger partial charge is 0.508 e. The fourth-order valence-corrected chi connectivity index (χ4v) is 2.78. The van der Waals surface area contributed by atoms with Crippen LogP contribution in [0.15, 0.2) is 84.9 Å². The second-order valence-electron chi connectivity index (χ2n) is 6.21. The van der Waals surface area contributed by atoms with Gasteiger partial charge in [-0.3, -0.25) is 0 Å². The summed E-state index contributed by atoms with van der Waals surface area (Å²) in [7, 11) is 0. The van der Waals surface area contributed by atoms with E-state index >= 15 is 0 Å². The molecule has 0 spiro atoms. The molecule has 0 saturated heterocycles. The van der Waals surface area contributed by atoms with Crippen LogP contribution in [0.1, 0.15) is 11.3 Å². The first-order chi connectivity index (χ1) is 13.3. The van der Waals surface area contributed by atoms with Gasteiger partial charge in [-0.1, -0.05) is 36.4 Å². The minimum absolute atomic E-state index is 0.222. The molecule has 0 atom stereocenters. The first kappa shape index (κ1) is 16.9. The molecule has 0 aliphatic carbocycles. The van der Waals surface area contributed by atoms with Crippen LogP contribution in [0.2, 0.25) is 0 Å². The van der Waals surface area contributed by atoms with Crippen molar-refractivity contribution in [2.45, 2.75) is 13.2 Å². The third kappa shape index (κ3) is 4.36. The van der Waals surface area contributed by atoms with Gasteiger partial charge in [0.15, 0.2) is 0 Å². The Morgan fingerprint density at radius 3 is 2.41 bits per heavy atom. The smallest absolute Gasteiger partial charge is 0.130 e. The van der Waals surface area contributed by atoms with Crippen LogP contribution < -0.4 is 9.47 Å². The number of para-hydroxylation sites is 1. The van der Waals surface area contributed by atoms with Crippen LogP contribution in [-0.4, -0.2) is 10.1 Å². The number of hydrogen-bond donors (Lipinski definition) is 1. The van der Waals surface area contributed by atoms with E-state index in [4.69, 9.17) is 9.47 Å². The molecule has 1 N–H and O–H groups in total. The van der Waals surface area contributed by atoms with Gasteiger partial charge in [0.25, 0.3) is 0 Å². The summed E-state index contributed by atoms with van der Waals surface area (Å²) >= 11 is 0. The van der Waals surface area contributed by atoms with Crippen LogP contribution in [0.4, 0.5) is 0 Å². The van der Waals surface area contributed by atoms with Gasteiger partial charge in [-0.15, -0.1) is 0 Å². The van der Waals surface area contributed by atoms with Crippen molar-refractivity contribution in [3.05, 3.63) is 96.2 Å². The van der Waals surface area contributed by atoms with Gasteiger partial charge in [0.1, 0.15) is 30.5 Å². The summed E-state index contributed by atoms with van der Waals surface area (Å²) in [5.74, 6) is 1.70. The normalized spacial score (nSPS) is 10.7. The molecule has 1 heterocycles. The van der Waals surface area contributed by atoms with Crippen LogP contribution >= 0.6 is 0 Å². The van der Waals surface area contributed by atoms with Gasteiger partial charge in [0, 0.05) is 5.39 Å². The van der Waals surface area contributed by atoms with Crippen molar-refractivity contribution in [1.82, 2.24) is 4.98 Å². The van der Waals surface area contributed by atoms with E-state index in [0.717, 1.165) is 27.9 Å². The molecule has 0 aliphatic rings. The van der Waals surface area contributed by atoms with Gasteiger partial charge in [-0.05, 0) is 54.1 Å². The zero-order valence-corrected chi connectivity index (χ0v) is 14.7. The highest BCUT2D eigenvalue weighted by atomic mass is 16.5. The first-order valence-corrected chi connectivity index (χ1v) is 8.74. The van der Waals surface area contributed by atoms with Crippen molar-refractivity contribution < 1.29 is 14.6 Å². The second kappa shape index (κ2) is 7.79. The highest BCUT2D eigenvalue weighted by molar-refractivity contribution is 5.78. The van der Waals surface area contributed by atoms with Crippen molar-refractivity contribution in [1.29, 1.82) is 0 Å². The SMILES string of the molecule is Oc1ccc(OCc2cccc(OCc3ccc4ccccc4n3)c2)cc1. The molecule has 4 heteroatoms. The standard InChI is InChI=1S/C23H19NO3/c25-20-10-12-21(13-11-20)26-15-17-4-3-6-22(14-17)27-16-19-9-8-18-5-1-2-7-23(18)24-19/h1-14,25H,15-16H2. The zero-order chi connectivity index (χ0) is 18.5. The van der Waals surface area contributed by atoms with E-state index < -0.39 is 0 Å². The van der Waals surface area contributed by atoms with E-state index in [-0.39, 0.29) is 5.75 Å². The number of nitrogens with zero attached hydrogens (tertiary/aromatic N) is 1. The number of phenols is 1. The van der Waals surface area contributed by atoms with Gasteiger partial charge < -0.3 is 14.6 Å². The summed E-state index contributed by atoms with van der Waals surface area (Å²) in [6.07, 6.45) is 0. The lowest BCUT2D eigenvalue weighted by Gasteiger charge is -2.10. The van der Waals surface area contributed by atoms with Crippen LogP contribution in [0.25, 0.3) is 10.9 Å². The van der Waals surface area contributed by atoms with E-state index in [1.807, 2.05) is 54.6 Å². The summed E-state index contributed by atoms with van der Waals surface area (Å²) in [6, 6.07) is 26.6. The number of phenolic OH excluding ortho intramolecular Hbond substituents is 1. The van der Waals surface area contributed by atoms with Crippen molar-refractivity contribution in [2.75, 3.05) is 0 Å². The molecular formula is C23H19NO3. The molecule has 4 nitrogen and oxygen atoms in total. The Kier molecular flexibility index (Phi) is 4.88. The molecule has 3 aromatic carbocycles. The summed E-state index contributed by atoms with van der Waals surface area (Å²) in [6.45, 7) is 0.837. The number of hydrogen-bond acceptors (Lipinski definition) is 4. The van der Waals surface area contributed by atoms with E-state index in [1.54, 1.807) is 24.3 Å². The third-order valence-electron chi connectivity index (χ3n) is 4.18. The number of aromatic hydroxyl groups is 1. The summed E-state index contributed by atoms with van der Waals surface area (Å²) in [5.41, 5.74) is 2.86. The maximum Gasteiger partial charge on any atom is 0.130 e. The van der Waals surface area contributed by atoms with Crippen molar-refractivity contribution in [2.24, 2.45) is 0 Å². The molecule has 0 bridgehead atoms. The first-order valence-electron chi connectivity index (χ1n) is 8.74. The minimum atomic E-state index is 0.222. The number of ether oxygens (including phenoxy) is 2. The topological polar surface area (TPSA) is 51.6 Å². The van der Waals surface area contributed by atoms with Crippen LogP contribution in [0.5, 0.6) is 17.2 Å². The van der Waals surface area contributed by atoms with E-state index in [2.05, 4.69) is 11.1 Å². The predicted molar refractivity (Wildman–Crippen MR) is 105 cm³/mol. The van der Waals surface area contributed by atoms with E-state index in [0.29, 0.717) is 19.0 Å². The monoisotopic (exact) mass is 357 g/mol. The molecule has 0 fully saturated rings.